The summed E-state index contributed by atoms with van der Waals surface area (Å²) in [5, 5.41) is 3.09. The number of aryl methyl sites for hydroxylation is 1. The lowest BCUT2D eigenvalue weighted by Gasteiger charge is -2.13. The number of aromatic nitrogens is 3. The van der Waals surface area contributed by atoms with Crippen molar-refractivity contribution in [3.8, 4) is 11.5 Å². The van der Waals surface area contributed by atoms with E-state index < -0.39 is 0 Å². The van der Waals surface area contributed by atoms with E-state index in [1.807, 2.05) is 12.3 Å². The molecule has 2 N–H and O–H groups in total. The average Bonchev–Trinajstić information content (AvgIpc) is 2.81. The van der Waals surface area contributed by atoms with Gasteiger partial charge in [0.25, 0.3) is 0 Å². The summed E-state index contributed by atoms with van der Waals surface area (Å²) in [6.45, 7) is 10.5. The van der Waals surface area contributed by atoms with Crippen LogP contribution in [-0.4, -0.2) is 15.0 Å². The van der Waals surface area contributed by atoms with E-state index in [1.54, 1.807) is 11.3 Å². The first kappa shape index (κ1) is 13.9. The Kier molecular flexibility index (Phi) is 3.58. The maximum absolute atomic E-state index is 5.95. The van der Waals surface area contributed by atoms with Gasteiger partial charge in [-0.1, -0.05) is 27.7 Å². The van der Waals surface area contributed by atoms with Gasteiger partial charge in [0.05, 0.1) is 5.01 Å². The highest BCUT2D eigenvalue weighted by molar-refractivity contribution is 7.10. The Bertz CT molecular complexity index is 596. The van der Waals surface area contributed by atoms with Crippen molar-refractivity contribution in [2.45, 2.75) is 46.5 Å². The van der Waals surface area contributed by atoms with Crippen molar-refractivity contribution in [3.63, 3.8) is 0 Å². The Hall–Kier alpha value is -1.49. The van der Waals surface area contributed by atoms with Gasteiger partial charge in [-0.25, -0.2) is 15.0 Å². The van der Waals surface area contributed by atoms with Crippen molar-refractivity contribution in [1.82, 2.24) is 15.0 Å². The molecule has 4 nitrogen and oxygen atoms in total. The number of hydrogen-bond acceptors (Lipinski definition) is 5. The lowest BCUT2D eigenvalue weighted by molar-refractivity contribution is 0.586. The van der Waals surface area contributed by atoms with Crippen molar-refractivity contribution in [1.29, 1.82) is 0 Å². The minimum absolute atomic E-state index is 0.0484. The third-order valence-corrected chi connectivity index (χ3v) is 4.26. The van der Waals surface area contributed by atoms with Crippen LogP contribution < -0.4 is 5.73 Å². The maximum Gasteiger partial charge on any atom is 0.181 e. The summed E-state index contributed by atoms with van der Waals surface area (Å²) < 4.78 is 0. The first-order valence-electron chi connectivity index (χ1n) is 6.42. The Morgan fingerprint density at radius 3 is 2.42 bits per heavy atom. The van der Waals surface area contributed by atoms with Crippen LogP contribution in [0.2, 0.25) is 0 Å². The fraction of sp³-hybridized carbons (Fsp3) is 0.500. The van der Waals surface area contributed by atoms with Gasteiger partial charge in [-0.15, -0.1) is 11.3 Å². The molecule has 0 fully saturated rings. The average molecular weight is 276 g/mol. The molecule has 0 aliphatic heterocycles. The zero-order valence-electron chi connectivity index (χ0n) is 12.1. The summed E-state index contributed by atoms with van der Waals surface area (Å²) in [5.41, 5.74) is 8.78. The summed E-state index contributed by atoms with van der Waals surface area (Å²) in [4.78, 5) is 13.6. The number of hydrogen-bond donors (Lipinski definition) is 1. The van der Waals surface area contributed by atoms with Crippen LogP contribution in [0, 0.1) is 6.92 Å². The number of rotatable bonds is 2. The molecule has 0 aliphatic carbocycles. The third-order valence-electron chi connectivity index (χ3n) is 2.99. The van der Waals surface area contributed by atoms with Crippen molar-refractivity contribution in [3.05, 3.63) is 21.6 Å². The van der Waals surface area contributed by atoms with E-state index in [2.05, 4.69) is 42.6 Å². The number of nitrogens with zero attached hydrogens (tertiary/aromatic N) is 3. The van der Waals surface area contributed by atoms with Gasteiger partial charge in [0, 0.05) is 22.1 Å². The molecule has 0 radical (unpaired) electrons. The van der Waals surface area contributed by atoms with E-state index >= 15 is 0 Å². The lowest BCUT2D eigenvalue weighted by Crippen LogP contribution is -2.10. The van der Waals surface area contributed by atoms with Gasteiger partial charge in [-0.3, -0.25) is 0 Å². The fourth-order valence-corrected chi connectivity index (χ4v) is 2.65. The SMILES string of the molecule is CCc1nc(-c2csc(C(C)(C)C)n2)nc(N)c1C. The zero-order valence-corrected chi connectivity index (χ0v) is 12.9. The minimum atomic E-state index is 0.0484. The minimum Gasteiger partial charge on any atom is -0.383 e. The van der Waals surface area contributed by atoms with Crippen molar-refractivity contribution < 1.29 is 0 Å². The van der Waals surface area contributed by atoms with E-state index in [1.165, 1.54) is 0 Å². The van der Waals surface area contributed by atoms with Crippen LogP contribution >= 0.6 is 11.3 Å². The molecule has 0 saturated carbocycles. The standard InChI is InChI=1S/C14H20N4S/c1-6-9-8(2)11(15)18-12(16-9)10-7-19-13(17-10)14(3,4)5/h7H,6H2,1-5H3,(H2,15,16,18). The molecule has 2 heterocycles. The smallest absolute Gasteiger partial charge is 0.181 e. The van der Waals surface area contributed by atoms with Gasteiger partial charge in [0.2, 0.25) is 0 Å². The monoisotopic (exact) mass is 276 g/mol. The van der Waals surface area contributed by atoms with E-state index in [0.29, 0.717) is 11.6 Å². The molecule has 0 atom stereocenters. The molecule has 0 spiro atoms. The molecule has 0 unspecified atom stereocenters. The van der Waals surface area contributed by atoms with E-state index in [4.69, 9.17) is 5.73 Å². The second-order valence-corrected chi connectivity index (χ2v) is 6.50. The Labute approximate surface area is 118 Å². The Morgan fingerprint density at radius 1 is 1.21 bits per heavy atom. The molecular weight excluding hydrogens is 256 g/mol. The summed E-state index contributed by atoms with van der Waals surface area (Å²) in [6, 6.07) is 0. The normalized spacial score (nSPS) is 11.8. The summed E-state index contributed by atoms with van der Waals surface area (Å²) in [7, 11) is 0. The van der Waals surface area contributed by atoms with E-state index in [-0.39, 0.29) is 5.41 Å². The van der Waals surface area contributed by atoms with Gasteiger partial charge < -0.3 is 5.73 Å². The van der Waals surface area contributed by atoms with Crippen molar-refractivity contribution >= 4 is 17.2 Å². The second kappa shape index (κ2) is 4.89. The number of nitrogen functional groups attached to an aromatic ring is 1. The fourth-order valence-electron chi connectivity index (χ4n) is 1.76. The molecule has 0 aliphatic rings. The molecule has 102 valence electrons. The van der Waals surface area contributed by atoms with Gasteiger partial charge in [-0.2, -0.15) is 0 Å². The van der Waals surface area contributed by atoms with Crippen molar-refractivity contribution in [2.24, 2.45) is 0 Å². The van der Waals surface area contributed by atoms with Crippen LogP contribution in [0.5, 0.6) is 0 Å². The molecule has 2 rings (SSSR count). The largest absolute Gasteiger partial charge is 0.383 e. The molecule has 0 saturated heterocycles. The van der Waals surface area contributed by atoms with Crippen molar-refractivity contribution in [2.75, 3.05) is 5.73 Å². The highest BCUT2D eigenvalue weighted by atomic mass is 32.1. The first-order valence-corrected chi connectivity index (χ1v) is 7.30. The van der Waals surface area contributed by atoms with Gasteiger partial charge >= 0.3 is 0 Å². The predicted octanol–water partition coefficient (Wildman–Crippen LogP) is 3.35. The second-order valence-electron chi connectivity index (χ2n) is 5.65. The number of anilines is 1. The van der Waals surface area contributed by atoms with E-state index in [9.17, 15) is 0 Å². The molecule has 19 heavy (non-hydrogen) atoms. The first-order chi connectivity index (χ1) is 8.82. The summed E-state index contributed by atoms with van der Waals surface area (Å²) in [6.07, 6.45) is 0.849. The highest BCUT2D eigenvalue weighted by Gasteiger charge is 2.20. The molecule has 0 bridgehead atoms. The lowest BCUT2D eigenvalue weighted by atomic mass is 9.98. The number of thiazole rings is 1. The molecule has 2 aromatic heterocycles. The molecular formula is C14H20N4S. The Morgan fingerprint density at radius 2 is 1.89 bits per heavy atom. The molecule has 0 amide bonds. The summed E-state index contributed by atoms with van der Waals surface area (Å²) >= 11 is 1.64. The van der Waals surface area contributed by atoms with Crippen LogP contribution in [-0.2, 0) is 11.8 Å². The molecule has 5 heteroatoms. The van der Waals surface area contributed by atoms with Gasteiger partial charge in [0.15, 0.2) is 5.82 Å². The van der Waals surface area contributed by atoms with Crippen LogP contribution in [0.3, 0.4) is 0 Å². The van der Waals surface area contributed by atoms with E-state index in [0.717, 1.165) is 28.4 Å². The third kappa shape index (κ3) is 2.76. The number of nitrogens with two attached hydrogens (primary N) is 1. The topological polar surface area (TPSA) is 64.7 Å². The quantitative estimate of drug-likeness (QED) is 0.913. The maximum atomic E-state index is 5.95. The predicted molar refractivity (Wildman–Crippen MR) is 80.4 cm³/mol. The van der Waals surface area contributed by atoms with Crippen LogP contribution in [0.4, 0.5) is 5.82 Å². The molecule has 2 aromatic rings. The zero-order chi connectivity index (χ0) is 14.2. The van der Waals surface area contributed by atoms with Crippen LogP contribution in [0.15, 0.2) is 5.38 Å². The van der Waals surface area contributed by atoms with Gasteiger partial charge in [-0.05, 0) is 13.3 Å². The summed E-state index contributed by atoms with van der Waals surface area (Å²) in [5.74, 6) is 1.18. The van der Waals surface area contributed by atoms with Crippen LogP contribution in [0.25, 0.3) is 11.5 Å². The van der Waals surface area contributed by atoms with Gasteiger partial charge in [0.1, 0.15) is 11.5 Å². The molecule has 0 aromatic carbocycles. The Balaban J connectivity index is 2.48. The highest BCUT2D eigenvalue weighted by Crippen LogP contribution is 2.29. The van der Waals surface area contributed by atoms with Crippen LogP contribution in [0.1, 0.15) is 44.0 Å².